The first-order valence-electron chi connectivity index (χ1n) is 10.4. The van der Waals surface area contributed by atoms with Crippen LogP contribution in [0.4, 0.5) is 11.5 Å². The lowest BCUT2D eigenvalue weighted by atomic mass is 10.1. The Morgan fingerprint density at radius 1 is 1.10 bits per heavy atom. The maximum Gasteiger partial charge on any atom is 0.175 e. The van der Waals surface area contributed by atoms with Crippen LogP contribution in [0.1, 0.15) is 15.4 Å². The standard InChI is InChI=1S/C18H24N4O2S.C6H6.3H2/c1-13-9-17-18(21-10-13)22-15(12-20-17)11-19-8-7-14-3-5-16(6-4-14)25(2,23)24;1-2-4-6-5-3-1;;;/h3-6,9-10,15,19-20H,7-8,11-12H2,1-2H3,(H,21,22);1-6H;3*1H/t15-;;;;/m0..../s1. The maximum atomic E-state index is 11.5. The average molecular weight is 445 g/mol. The van der Waals surface area contributed by atoms with Crippen molar-refractivity contribution in [3.63, 3.8) is 0 Å². The molecule has 1 aliphatic rings. The minimum absolute atomic E-state index is 0. The zero-order chi connectivity index (χ0) is 22.1. The molecule has 6 nitrogen and oxygen atoms in total. The molecule has 0 aliphatic carbocycles. The predicted molar refractivity (Wildman–Crippen MR) is 134 cm³/mol. The molecule has 170 valence electrons. The largest absolute Gasteiger partial charge is 0.380 e. The van der Waals surface area contributed by atoms with E-state index in [4.69, 9.17) is 0 Å². The van der Waals surface area contributed by atoms with Crippen molar-refractivity contribution in [1.29, 1.82) is 0 Å². The minimum atomic E-state index is -3.12. The third-order valence-electron chi connectivity index (χ3n) is 4.90. The lowest BCUT2D eigenvalue weighted by molar-refractivity contribution is 0.601. The van der Waals surface area contributed by atoms with Crippen molar-refractivity contribution in [2.45, 2.75) is 24.3 Å². The van der Waals surface area contributed by atoms with Gasteiger partial charge in [0.1, 0.15) is 5.82 Å². The first-order valence-corrected chi connectivity index (χ1v) is 12.3. The summed E-state index contributed by atoms with van der Waals surface area (Å²) in [4.78, 5) is 4.79. The number of anilines is 2. The van der Waals surface area contributed by atoms with E-state index < -0.39 is 9.84 Å². The van der Waals surface area contributed by atoms with E-state index in [1.54, 1.807) is 12.1 Å². The van der Waals surface area contributed by atoms with Gasteiger partial charge in [0, 0.05) is 29.8 Å². The van der Waals surface area contributed by atoms with Gasteiger partial charge in [0.2, 0.25) is 0 Å². The molecule has 4 rings (SSSR count). The van der Waals surface area contributed by atoms with Crippen LogP contribution in [0.15, 0.2) is 77.8 Å². The lowest BCUT2D eigenvalue weighted by Gasteiger charge is -2.27. The van der Waals surface area contributed by atoms with Gasteiger partial charge < -0.3 is 16.0 Å². The van der Waals surface area contributed by atoms with Crippen molar-refractivity contribution in [3.05, 3.63) is 84.1 Å². The van der Waals surface area contributed by atoms with Crippen molar-refractivity contribution in [2.24, 2.45) is 0 Å². The van der Waals surface area contributed by atoms with E-state index in [1.807, 2.05) is 61.7 Å². The zero-order valence-electron chi connectivity index (χ0n) is 18.0. The Bertz CT molecular complexity index is 1040. The molecule has 0 spiro atoms. The third kappa shape index (κ3) is 7.38. The smallest absolute Gasteiger partial charge is 0.175 e. The fourth-order valence-electron chi connectivity index (χ4n) is 3.22. The Hall–Kier alpha value is -2.90. The summed E-state index contributed by atoms with van der Waals surface area (Å²) in [5.74, 6) is 0.903. The second-order valence-electron chi connectivity index (χ2n) is 7.66. The summed E-state index contributed by atoms with van der Waals surface area (Å²) < 4.78 is 22.9. The van der Waals surface area contributed by atoms with E-state index in [1.165, 1.54) is 6.26 Å². The third-order valence-corrected chi connectivity index (χ3v) is 6.03. The Kier molecular flexibility index (Phi) is 8.03. The van der Waals surface area contributed by atoms with Crippen LogP contribution in [0.5, 0.6) is 0 Å². The molecule has 0 bridgehead atoms. The number of pyridine rings is 1. The van der Waals surface area contributed by atoms with Gasteiger partial charge in [-0.25, -0.2) is 13.4 Å². The summed E-state index contributed by atoms with van der Waals surface area (Å²) in [7, 11) is -3.12. The number of fused-ring (bicyclic) bond motifs is 1. The number of nitrogens with one attached hydrogen (secondary N) is 3. The molecule has 7 heteroatoms. The van der Waals surface area contributed by atoms with Gasteiger partial charge in [-0.05, 0) is 49.2 Å². The number of aryl methyl sites for hydroxylation is 1. The van der Waals surface area contributed by atoms with Crippen LogP contribution >= 0.6 is 0 Å². The zero-order valence-corrected chi connectivity index (χ0v) is 18.8. The summed E-state index contributed by atoms with van der Waals surface area (Å²) in [6.07, 6.45) is 3.95. The number of hydrogen-bond acceptors (Lipinski definition) is 6. The highest BCUT2D eigenvalue weighted by Gasteiger charge is 2.17. The Labute approximate surface area is 189 Å². The van der Waals surface area contributed by atoms with Gasteiger partial charge in [0.05, 0.1) is 16.6 Å². The highest BCUT2D eigenvalue weighted by Crippen LogP contribution is 2.23. The van der Waals surface area contributed by atoms with Crippen LogP contribution in [0.2, 0.25) is 0 Å². The lowest BCUT2D eigenvalue weighted by Crippen LogP contribution is -2.41. The Balaban J connectivity index is 0.00000106. The number of benzene rings is 2. The average Bonchev–Trinajstić information content (AvgIpc) is 2.78. The molecule has 3 N–H and O–H groups in total. The molecule has 1 aromatic heterocycles. The summed E-state index contributed by atoms with van der Waals surface area (Å²) in [6.45, 7) is 4.56. The topological polar surface area (TPSA) is 83.1 Å². The van der Waals surface area contributed by atoms with E-state index in [9.17, 15) is 8.42 Å². The highest BCUT2D eigenvalue weighted by atomic mass is 32.2. The van der Waals surface area contributed by atoms with E-state index >= 15 is 0 Å². The van der Waals surface area contributed by atoms with Crippen LogP contribution in [0, 0.1) is 6.92 Å². The summed E-state index contributed by atoms with van der Waals surface area (Å²) >= 11 is 0. The van der Waals surface area contributed by atoms with Gasteiger partial charge in [0.15, 0.2) is 9.84 Å². The summed E-state index contributed by atoms with van der Waals surface area (Å²) in [5.41, 5.74) is 3.32. The molecule has 1 atom stereocenters. The van der Waals surface area contributed by atoms with Crippen LogP contribution in [0.25, 0.3) is 0 Å². The number of hydrogen-bond donors (Lipinski definition) is 3. The molecule has 0 saturated carbocycles. The van der Waals surface area contributed by atoms with Crippen molar-refractivity contribution >= 4 is 21.3 Å². The Morgan fingerprint density at radius 3 is 2.35 bits per heavy atom. The van der Waals surface area contributed by atoms with Crippen LogP contribution in [-0.2, 0) is 16.3 Å². The molecular formula is C24H36N4O2S. The second-order valence-corrected chi connectivity index (χ2v) is 9.67. The van der Waals surface area contributed by atoms with Crippen LogP contribution < -0.4 is 16.0 Å². The number of nitrogens with zero attached hydrogens (tertiary/aromatic N) is 1. The molecular weight excluding hydrogens is 408 g/mol. The first kappa shape index (κ1) is 22.8. The normalized spacial score (nSPS) is 15.0. The van der Waals surface area contributed by atoms with Gasteiger partial charge in [-0.3, -0.25) is 0 Å². The quantitative estimate of drug-likeness (QED) is 0.493. The van der Waals surface area contributed by atoms with E-state index in [0.29, 0.717) is 4.90 Å². The molecule has 0 radical (unpaired) electrons. The number of rotatable bonds is 6. The van der Waals surface area contributed by atoms with E-state index in [-0.39, 0.29) is 10.3 Å². The first-order chi connectivity index (χ1) is 14.9. The minimum Gasteiger partial charge on any atom is -0.380 e. The van der Waals surface area contributed by atoms with Gasteiger partial charge in [0.25, 0.3) is 0 Å². The summed E-state index contributed by atoms with van der Waals surface area (Å²) in [5, 5.41) is 10.3. The van der Waals surface area contributed by atoms with Gasteiger partial charge in [-0.15, -0.1) is 0 Å². The predicted octanol–water partition coefficient (Wildman–Crippen LogP) is 4.26. The maximum absolute atomic E-state index is 11.5. The number of sulfone groups is 1. The van der Waals surface area contributed by atoms with Crippen molar-refractivity contribution in [3.8, 4) is 0 Å². The van der Waals surface area contributed by atoms with Crippen LogP contribution in [0.3, 0.4) is 0 Å². The van der Waals surface area contributed by atoms with E-state index in [2.05, 4.69) is 27.0 Å². The SMILES string of the molecule is Cc1cnc2c(c1)NC[C@H](CNCCc1ccc(S(C)(=O)=O)cc1)N2.[HH].[HH].[HH].c1ccccc1. The fraction of sp³-hybridized carbons (Fsp3) is 0.292. The molecule has 0 amide bonds. The fourth-order valence-corrected chi connectivity index (χ4v) is 3.85. The van der Waals surface area contributed by atoms with Gasteiger partial charge >= 0.3 is 0 Å². The molecule has 3 aromatic rings. The molecule has 0 unspecified atom stereocenters. The van der Waals surface area contributed by atoms with Gasteiger partial charge in [-0.1, -0.05) is 48.5 Å². The summed E-state index contributed by atoms with van der Waals surface area (Å²) in [6, 6.07) is 21.5. The molecule has 31 heavy (non-hydrogen) atoms. The molecule has 1 aliphatic heterocycles. The Morgan fingerprint density at radius 2 is 1.74 bits per heavy atom. The van der Waals surface area contributed by atoms with Crippen molar-refractivity contribution < 1.29 is 12.7 Å². The van der Waals surface area contributed by atoms with Gasteiger partial charge in [-0.2, -0.15) is 0 Å². The highest BCUT2D eigenvalue weighted by molar-refractivity contribution is 7.90. The molecule has 0 saturated heterocycles. The second kappa shape index (κ2) is 10.9. The monoisotopic (exact) mass is 444 g/mol. The van der Waals surface area contributed by atoms with Crippen molar-refractivity contribution in [1.82, 2.24) is 10.3 Å². The number of aromatic nitrogens is 1. The molecule has 2 aromatic carbocycles. The van der Waals surface area contributed by atoms with Crippen LogP contribution in [-0.4, -0.2) is 45.3 Å². The molecule has 2 heterocycles. The van der Waals surface area contributed by atoms with E-state index in [0.717, 1.165) is 48.7 Å². The molecule has 0 fully saturated rings. The van der Waals surface area contributed by atoms with Crippen molar-refractivity contribution in [2.75, 3.05) is 36.5 Å².